The summed E-state index contributed by atoms with van der Waals surface area (Å²) in [6.45, 7) is 7.33. The topological polar surface area (TPSA) is 144 Å². The van der Waals surface area contributed by atoms with Crippen molar-refractivity contribution in [2.75, 3.05) is 50.8 Å². The summed E-state index contributed by atoms with van der Waals surface area (Å²) < 4.78 is 27.3. The van der Waals surface area contributed by atoms with E-state index in [0.29, 0.717) is 24.1 Å². The van der Waals surface area contributed by atoms with Crippen LogP contribution < -0.4 is 15.8 Å². The van der Waals surface area contributed by atoms with Gasteiger partial charge in [-0.1, -0.05) is 36.4 Å². The van der Waals surface area contributed by atoms with E-state index >= 15 is 0 Å². The number of likely N-dealkylation sites (tertiary alicyclic amines) is 1. The molecular formula is C45H54N6O7. The smallest absolute Gasteiger partial charge is 0.405 e. The number of carboxylic acid groups (broad SMARTS) is 1. The molecule has 58 heavy (non-hydrogen) atoms. The standard InChI is InChI=1S/C45H54N6O7/c1-44(48-43(53)54)18-22-50(23-19-44)27-30-15-20-51(21-16-30)42-46-37-14-11-31(36-28-49(2)41(52)39-34(36)17-25-56-39)26-35(37)40(47-42)45(58-33-12-13-33,32-8-4-3-5-9-32)29-57-38-10-6-7-24-55-38/h3-5,8-9,11,14,17,25-26,28,30,33,38,48H,6-7,10,12-13,15-16,18-24,27,29H2,1-2H3,(H,53,54). The number of hydrogen-bond acceptors (Lipinski definition) is 10. The van der Waals surface area contributed by atoms with Crippen molar-refractivity contribution in [3.8, 4) is 11.1 Å². The van der Waals surface area contributed by atoms with E-state index in [1.165, 1.54) is 0 Å². The summed E-state index contributed by atoms with van der Waals surface area (Å²) in [6.07, 6.45) is 10.7. The van der Waals surface area contributed by atoms with Crippen molar-refractivity contribution in [1.29, 1.82) is 0 Å². The van der Waals surface area contributed by atoms with Gasteiger partial charge in [-0.05, 0) is 100.0 Å². The minimum atomic E-state index is -1.07. The highest BCUT2D eigenvalue weighted by atomic mass is 16.7. The maximum absolute atomic E-state index is 13.0. The lowest BCUT2D eigenvalue weighted by Crippen LogP contribution is -2.53. The number of anilines is 1. The van der Waals surface area contributed by atoms with Gasteiger partial charge >= 0.3 is 6.09 Å². The number of nitrogens with zero attached hydrogens (tertiary/aromatic N) is 5. The Hall–Kier alpha value is -4.82. The summed E-state index contributed by atoms with van der Waals surface area (Å²) in [5.74, 6) is 1.21. The zero-order valence-corrected chi connectivity index (χ0v) is 33.5. The van der Waals surface area contributed by atoms with Crippen molar-refractivity contribution < 1.29 is 28.5 Å². The lowest BCUT2D eigenvalue weighted by Gasteiger charge is -2.41. The van der Waals surface area contributed by atoms with E-state index in [1.807, 2.05) is 37.4 Å². The quantitative estimate of drug-likeness (QED) is 0.134. The predicted molar refractivity (Wildman–Crippen MR) is 221 cm³/mol. The normalized spacial score (nSPS) is 21.6. The first-order chi connectivity index (χ1) is 28.2. The third kappa shape index (κ3) is 7.97. The molecule has 1 saturated carbocycles. The molecule has 13 heteroatoms. The van der Waals surface area contributed by atoms with Crippen LogP contribution in [0.3, 0.4) is 0 Å². The van der Waals surface area contributed by atoms with Crippen molar-refractivity contribution >= 4 is 33.9 Å². The number of hydrogen-bond donors (Lipinski definition) is 2. The van der Waals surface area contributed by atoms with Gasteiger partial charge in [0.15, 0.2) is 17.5 Å². The first kappa shape index (κ1) is 38.7. The number of furan rings is 1. The zero-order valence-electron chi connectivity index (χ0n) is 33.5. The van der Waals surface area contributed by atoms with Crippen LogP contribution in [0.25, 0.3) is 33.0 Å². The fourth-order valence-electron chi connectivity index (χ4n) is 9.10. The lowest BCUT2D eigenvalue weighted by molar-refractivity contribution is -0.197. The van der Waals surface area contributed by atoms with Gasteiger partial charge in [-0.25, -0.2) is 14.8 Å². The molecule has 0 radical (unpaired) electrons. The van der Waals surface area contributed by atoms with Gasteiger partial charge in [0.1, 0.15) is 0 Å². The number of piperidine rings is 2. The second kappa shape index (κ2) is 16.1. The van der Waals surface area contributed by atoms with Gasteiger partial charge in [0.05, 0.1) is 30.2 Å². The maximum atomic E-state index is 13.0. The van der Waals surface area contributed by atoms with Crippen molar-refractivity contribution in [2.45, 2.75) is 88.2 Å². The summed E-state index contributed by atoms with van der Waals surface area (Å²) in [7, 11) is 1.75. The number of aryl methyl sites for hydroxylation is 1. The molecular weight excluding hydrogens is 737 g/mol. The summed E-state index contributed by atoms with van der Waals surface area (Å²) in [6, 6.07) is 18.4. The van der Waals surface area contributed by atoms with Crippen molar-refractivity contribution in [3.63, 3.8) is 0 Å². The third-order valence-electron chi connectivity index (χ3n) is 12.7. The molecule has 2 atom stereocenters. The summed E-state index contributed by atoms with van der Waals surface area (Å²) >= 11 is 0. The van der Waals surface area contributed by atoms with Crippen LogP contribution in [0.4, 0.5) is 10.7 Å². The average molecular weight is 791 g/mol. The number of ether oxygens (including phenoxy) is 3. The Morgan fingerprint density at radius 2 is 1.78 bits per heavy atom. The van der Waals surface area contributed by atoms with Crippen LogP contribution in [0.1, 0.15) is 76.0 Å². The van der Waals surface area contributed by atoms with Gasteiger partial charge in [-0.3, -0.25) is 4.79 Å². The van der Waals surface area contributed by atoms with Crippen LogP contribution in [-0.2, 0) is 26.9 Å². The number of fused-ring (bicyclic) bond motifs is 2. The van der Waals surface area contributed by atoms with Crippen molar-refractivity contribution in [2.24, 2.45) is 13.0 Å². The Morgan fingerprint density at radius 1 is 0.983 bits per heavy atom. The number of benzene rings is 2. The molecule has 3 aliphatic heterocycles. The molecule has 2 N–H and O–H groups in total. The van der Waals surface area contributed by atoms with Crippen LogP contribution in [0.15, 0.2) is 76.3 Å². The third-order valence-corrected chi connectivity index (χ3v) is 12.7. The molecule has 13 nitrogen and oxygen atoms in total. The highest BCUT2D eigenvalue weighted by molar-refractivity contribution is 5.96. The number of rotatable bonds is 12. The number of nitrogens with one attached hydrogen (secondary N) is 1. The molecule has 6 heterocycles. The number of aromatic nitrogens is 3. The minimum Gasteiger partial charge on any atom is -0.465 e. The van der Waals surface area contributed by atoms with E-state index in [4.69, 9.17) is 28.6 Å². The Kier molecular flexibility index (Phi) is 10.7. The number of carbonyl (C=O) groups is 1. The van der Waals surface area contributed by atoms with Gasteiger partial charge in [0.25, 0.3) is 5.56 Å². The molecule has 0 bridgehead atoms. The molecule has 2 unspecified atom stereocenters. The molecule has 5 aromatic rings. The Morgan fingerprint density at radius 3 is 2.50 bits per heavy atom. The summed E-state index contributed by atoms with van der Waals surface area (Å²) in [5.41, 5.74) is 3.01. The van der Waals surface area contributed by atoms with Crippen LogP contribution >= 0.6 is 0 Å². The number of amides is 1. The van der Waals surface area contributed by atoms with E-state index < -0.39 is 11.7 Å². The molecule has 2 aromatic carbocycles. The van der Waals surface area contributed by atoms with Crippen molar-refractivity contribution in [1.82, 2.24) is 24.8 Å². The molecule has 9 rings (SSSR count). The van der Waals surface area contributed by atoms with Crippen molar-refractivity contribution in [3.05, 3.63) is 88.7 Å². The molecule has 1 aliphatic carbocycles. The minimum absolute atomic E-state index is 0.0604. The highest BCUT2D eigenvalue weighted by Gasteiger charge is 2.45. The summed E-state index contributed by atoms with van der Waals surface area (Å²) in [4.78, 5) is 40.0. The van der Waals surface area contributed by atoms with Gasteiger partial charge in [-0.15, -0.1) is 0 Å². The predicted octanol–water partition coefficient (Wildman–Crippen LogP) is 7.05. The highest BCUT2D eigenvalue weighted by Crippen LogP contribution is 2.44. The Labute approximate surface area is 338 Å². The monoisotopic (exact) mass is 790 g/mol. The summed E-state index contributed by atoms with van der Waals surface area (Å²) in [5, 5.41) is 13.7. The molecule has 4 aliphatic rings. The molecule has 0 spiro atoms. The van der Waals surface area contributed by atoms with E-state index in [-0.39, 0.29) is 30.1 Å². The molecule has 4 fully saturated rings. The molecule has 3 saturated heterocycles. The van der Waals surface area contributed by atoms with E-state index in [9.17, 15) is 14.7 Å². The molecule has 306 valence electrons. The SMILES string of the molecule is Cn1cc(-c2ccc3nc(N4CCC(CN5CCC(C)(NC(=O)O)CC5)CC4)nc(C(COC4CCCCO4)(OC4CC4)c4ccccc4)c3c2)c2ccoc2c1=O. The van der Waals surface area contributed by atoms with Gasteiger partial charge in [-0.2, -0.15) is 0 Å². The first-order valence-corrected chi connectivity index (χ1v) is 21.0. The average Bonchev–Trinajstić information content (AvgIpc) is 3.92. The fourth-order valence-corrected chi connectivity index (χ4v) is 9.10. The fraction of sp³-hybridized carbons (Fsp3) is 0.511. The van der Waals surface area contributed by atoms with Gasteiger partial charge < -0.3 is 43.4 Å². The van der Waals surface area contributed by atoms with E-state index in [1.54, 1.807) is 17.9 Å². The lowest BCUT2D eigenvalue weighted by atomic mass is 9.87. The van der Waals surface area contributed by atoms with Crippen LogP contribution in [0.5, 0.6) is 0 Å². The number of pyridine rings is 1. The van der Waals surface area contributed by atoms with Crippen LogP contribution in [0.2, 0.25) is 0 Å². The Balaban J connectivity index is 1.09. The molecule has 1 amide bonds. The van der Waals surface area contributed by atoms with E-state index in [2.05, 4.69) is 45.4 Å². The van der Waals surface area contributed by atoms with Gasteiger partial charge in [0, 0.05) is 74.5 Å². The first-order valence-electron chi connectivity index (χ1n) is 21.0. The Bertz CT molecular complexity index is 2300. The van der Waals surface area contributed by atoms with E-state index in [0.717, 1.165) is 129 Å². The largest absolute Gasteiger partial charge is 0.465 e. The van der Waals surface area contributed by atoms with Gasteiger partial charge in [0.2, 0.25) is 5.95 Å². The second-order valence-corrected chi connectivity index (χ2v) is 17.1. The molecule has 3 aromatic heterocycles. The van der Waals surface area contributed by atoms with Crippen LogP contribution in [0, 0.1) is 5.92 Å². The second-order valence-electron chi connectivity index (χ2n) is 17.1. The zero-order chi connectivity index (χ0) is 39.9. The van der Waals surface area contributed by atoms with Crippen LogP contribution in [-0.4, -0.2) is 94.5 Å². The maximum Gasteiger partial charge on any atom is 0.405 e.